The standard InChI is InChI=1S/C24H44ClN5O/c1-6-7-8-9-10-13-16-31-30-23(2,3)17-20(18-24(30,4)5)14-11-12-15-26-22-28-19-27-21(25)29-22/h19-20H,6-18H2,1-5H3,(H,26,27,28,29). The van der Waals surface area contributed by atoms with Gasteiger partial charge >= 0.3 is 0 Å². The van der Waals surface area contributed by atoms with Gasteiger partial charge in [0.05, 0.1) is 6.61 Å². The molecular weight excluding hydrogens is 410 g/mol. The molecule has 1 aliphatic rings. The Morgan fingerprint density at radius 2 is 1.68 bits per heavy atom. The molecule has 2 rings (SSSR count). The monoisotopic (exact) mass is 453 g/mol. The molecule has 1 N–H and O–H groups in total. The van der Waals surface area contributed by atoms with Crippen LogP contribution in [0.5, 0.6) is 0 Å². The molecular formula is C24H44ClN5O. The van der Waals surface area contributed by atoms with E-state index in [0.29, 0.717) is 5.95 Å². The summed E-state index contributed by atoms with van der Waals surface area (Å²) in [6.45, 7) is 13.3. The van der Waals surface area contributed by atoms with Gasteiger partial charge in [0, 0.05) is 17.6 Å². The summed E-state index contributed by atoms with van der Waals surface area (Å²) in [5.41, 5.74) is 0.128. The molecule has 1 aromatic heterocycles. The van der Waals surface area contributed by atoms with Crippen LogP contribution >= 0.6 is 11.6 Å². The maximum atomic E-state index is 6.36. The minimum absolute atomic E-state index is 0.0640. The van der Waals surface area contributed by atoms with Gasteiger partial charge in [-0.15, -0.1) is 0 Å². The second-order valence-corrected chi connectivity index (χ2v) is 10.6. The summed E-state index contributed by atoms with van der Waals surface area (Å²) in [5, 5.41) is 5.78. The molecule has 0 amide bonds. The maximum absolute atomic E-state index is 6.36. The van der Waals surface area contributed by atoms with E-state index in [1.807, 2.05) is 0 Å². The molecule has 1 saturated heterocycles. The molecule has 0 atom stereocenters. The average molecular weight is 454 g/mol. The number of unbranched alkanes of at least 4 members (excludes halogenated alkanes) is 6. The summed E-state index contributed by atoms with van der Waals surface area (Å²) in [7, 11) is 0. The highest BCUT2D eigenvalue weighted by Gasteiger charge is 2.46. The van der Waals surface area contributed by atoms with Crippen LogP contribution in [0.1, 0.15) is 105 Å². The van der Waals surface area contributed by atoms with Gasteiger partial charge in [-0.2, -0.15) is 10.0 Å². The van der Waals surface area contributed by atoms with E-state index in [0.717, 1.165) is 31.9 Å². The molecule has 0 spiro atoms. The molecule has 0 bridgehead atoms. The van der Waals surface area contributed by atoms with Gasteiger partial charge in [0.15, 0.2) is 0 Å². The topological polar surface area (TPSA) is 63.2 Å². The number of hydrogen-bond donors (Lipinski definition) is 1. The quantitative estimate of drug-likeness (QED) is 0.317. The molecule has 0 saturated carbocycles. The van der Waals surface area contributed by atoms with Gasteiger partial charge < -0.3 is 5.32 Å². The Balaban J connectivity index is 1.69. The molecule has 0 aliphatic carbocycles. The van der Waals surface area contributed by atoms with Crippen molar-refractivity contribution in [1.82, 2.24) is 20.0 Å². The Kier molecular flexibility index (Phi) is 10.9. The van der Waals surface area contributed by atoms with Gasteiger partial charge in [-0.25, -0.2) is 9.97 Å². The summed E-state index contributed by atoms with van der Waals surface area (Å²) in [4.78, 5) is 18.3. The summed E-state index contributed by atoms with van der Waals surface area (Å²) in [5.74, 6) is 1.28. The van der Waals surface area contributed by atoms with Gasteiger partial charge in [-0.05, 0) is 70.9 Å². The Morgan fingerprint density at radius 3 is 2.35 bits per heavy atom. The van der Waals surface area contributed by atoms with Crippen molar-refractivity contribution in [3.8, 4) is 0 Å². The lowest BCUT2D eigenvalue weighted by atomic mass is 9.73. The van der Waals surface area contributed by atoms with E-state index < -0.39 is 0 Å². The summed E-state index contributed by atoms with van der Waals surface area (Å²) in [6.07, 6.45) is 15.1. The lowest BCUT2D eigenvalue weighted by Gasteiger charge is -2.54. The van der Waals surface area contributed by atoms with Crippen LogP contribution in [0.15, 0.2) is 6.33 Å². The van der Waals surface area contributed by atoms with Gasteiger partial charge in [0.1, 0.15) is 6.33 Å². The third-order valence-electron chi connectivity index (χ3n) is 6.26. The number of halogens is 1. The van der Waals surface area contributed by atoms with Gasteiger partial charge in [0.2, 0.25) is 11.2 Å². The van der Waals surface area contributed by atoms with Crippen LogP contribution in [0, 0.1) is 5.92 Å². The third-order valence-corrected chi connectivity index (χ3v) is 6.44. The van der Waals surface area contributed by atoms with E-state index in [-0.39, 0.29) is 16.4 Å². The number of nitrogens with zero attached hydrogens (tertiary/aromatic N) is 4. The molecule has 7 heteroatoms. The molecule has 178 valence electrons. The van der Waals surface area contributed by atoms with Crippen LogP contribution in [-0.4, -0.2) is 44.2 Å². The van der Waals surface area contributed by atoms with Crippen molar-refractivity contribution in [2.45, 2.75) is 116 Å². The number of aromatic nitrogens is 3. The van der Waals surface area contributed by atoms with Crippen molar-refractivity contribution < 1.29 is 4.84 Å². The van der Waals surface area contributed by atoms with Crippen molar-refractivity contribution in [3.63, 3.8) is 0 Å². The molecule has 0 aromatic carbocycles. The molecule has 2 heterocycles. The molecule has 1 aliphatic heterocycles. The van der Waals surface area contributed by atoms with Crippen molar-refractivity contribution in [2.24, 2.45) is 5.92 Å². The first kappa shape index (κ1) is 26.3. The summed E-state index contributed by atoms with van der Waals surface area (Å²) < 4.78 is 0. The SMILES string of the molecule is CCCCCCCCON1C(C)(C)CC(CCCCNc2ncnc(Cl)n2)CC1(C)C. The van der Waals surface area contributed by atoms with Crippen LogP contribution in [0.4, 0.5) is 5.95 Å². The highest BCUT2D eigenvalue weighted by Crippen LogP contribution is 2.43. The number of hydrogen-bond acceptors (Lipinski definition) is 6. The van der Waals surface area contributed by atoms with Crippen molar-refractivity contribution >= 4 is 17.5 Å². The van der Waals surface area contributed by atoms with Crippen LogP contribution in [0.25, 0.3) is 0 Å². The van der Waals surface area contributed by atoms with E-state index in [4.69, 9.17) is 16.4 Å². The first-order valence-electron chi connectivity index (χ1n) is 12.3. The number of rotatable bonds is 14. The number of nitrogens with one attached hydrogen (secondary N) is 1. The number of hydroxylamine groups is 2. The van der Waals surface area contributed by atoms with Gasteiger partial charge in [-0.3, -0.25) is 4.84 Å². The smallest absolute Gasteiger partial charge is 0.227 e. The summed E-state index contributed by atoms with van der Waals surface area (Å²) in [6, 6.07) is 0. The normalized spacial score (nSPS) is 18.9. The van der Waals surface area contributed by atoms with Gasteiger partial charge in [-0.1, -0.05) is 51.9 Å². The molecule has 0 unspecified atom stereocenters. The first-order valence-corrected chi connectivity index (χ1v) is 12.6. The van der Waals surface area contributed by atoms with E-state index in [1.54, 1.807) is 0 Å². The van der Waals surface area contributed by atoms with Crippen LogP contribution in [0.3, 0.4) is 0 Å². The molecule has 1 fully saturated rings. The van der Waals surface area contributed by atoms with Crippen LogP contribution in [0.2, 0.25) is 5.28 Å². The third kappa shape index (κ3) is 9.19. The second-order valence-electron chi connectivity index (χ2n) is 10.3. The fourth-order valence-electron chi connectivity index (χ4n) is 5.18. The predicted octanol–water partition coefficient (Wildman–Crippen LogP) is 6.67. The lowest BCUT2D eigenvalue weighted by molar-refractivity contribution is -0.288. The number of piperidine rings is 1. The fraction of sp³-hybridized carbons (Fsp3) is 0.875. The fourth-order valence-corrected chi connectivity index (χ4v) is 5.31. The van der Waals surface area contributed by atoms with E-state index in [1.165, 1.54) is 64.1 Å². The molecule has 31 heavy (non-hydrogen) atoms. The second kappa shape index (κ2) is 12.9. The highest BCUT2D eigenvalue weighted by atomic mass is 35.5. The number of anilines is 1. The zero-order chi connectivity index (χ0) is 22.7. The molecule has 6 nitrogen and oxygen atoms in total. The zero-order valence-corrected chi connectivity index (χ0v) is 21.2. The van der Waals surface area contributed by atoms with Crippen LogP contribution < -0.4 is 5.32 Å². The maximum Gasteiger partial charge on any atom is 0.227 e. The minimum Gasteiger partial charge on any atom is -0.354 e. The zero-order valence-electron chi connectivity index (χ0n) is 20.4. The Hall–Kier alpha value is -0.980. The Bertz CT molecular complexity index is 622. The Labute approximate surface area is 194 Å². The summed E-state index contributed by atoms with van der Waals surface area (Å²) >= 11 is 5.80. The van der Waals surface area contributed by atoms with Crippen molar-refractivity contribution in [1.29, 1.82) is 0 Å². The van der Waals surface area contributed by atoms with E-state index in [9.17, 15) is 0 Å². The molecule has 0 radical (unpaired) electrons. The van der Waals surface area contributed by atoms with E-state index in [2.05, 4.69) is 60.0 Å². The van der Waals surface area contributed by atoms with Gasteiger partial charge in [0.25, 0.3) is 0 Å². The Morgan fingerprint density at radius 1 is 1.00 bits per heavy atom. The lowest BCUT2D eigenvalue weighted by Crippen LogP contribution is -2.60. The average Bonchev–Trinajstić information content (AvgIpc) is 2.68. The first-order chi connectivity index (χ1) is 14.7. The largest absolute Gasteiger partial charge is 0.354 e. The molecule has 1 aromatic rings. The highest BCUT2D eigenvalue weighted by molar-refractivity contribution is 6.28. The predicted molar refractivity (Wildman–Crippen MR) is 129 cm³/mol. The van der Waals surface area contributed by atoms with Crippen molar-refractivity contribution in [2.75, 3.05) is 18.5 Å². The van der Waals surface area contributed by atoms with Crippen LogP contribution in [-0.2, 0) is 4.84 Å². The van der Waals surface area contributed by atoms with E-state index >= 15 is 0 Å². The minimum atomic E-state index is 0.0640. The van der Waals surface area contributed by atoms with Crippen molar-refractivity contribution in [3.05, 3.63) is 11.6 Å².